The van der Waals surface area contributed by atoms with E-state index in [1.54, 1.807) is 0 Å². The SMILES string of the molecule is Nc1ccccc1N1CCSc2ccc(-c3cccc(-c4c(-c5ccccc5)cccc4-c4ccccc4)c3)cc21. The smallest absolute Gasteiger partial charge is 0.0644 e. The number of para-hydroxylation sites is 2. The van der Waals surface area contributed by atoms with Crippen molar-refractivity contribution in [1.82, 2.24) is 0 Å². The fourth-order valence-corrected chi connectivity index (χ4v) is 6.79. The van der Waals surface area contributed by atoms with Crippen LogP contribution in [0.25, 0.3) is 44.5 Å². The lowest BCUT2D eigenvalue weighted by Crippen LogP contribution is -2.24. The van der Waals surface area contributed by atoms with Gasteiger partial charge in [-0.1, -0.05) is 115 Å². The summed E-state index contributed by atoms with van der Waals surface area (Å²) in [7, 11) is 0. The van der Waals surface area contributed by atoms with Gasteiger partial charge in [-0.3, -0.25) is 0 Å². The summed E-state index contributed by atoms with van der Waals surface area (Å²) in [6.45, 7) is 0.931. The summed E-state index contributed by atoms with van der Waals surface area (Å²) < 4.78 is 0. The Balaban J connectivity index is 1.37. The molecule has 7 rings (SSSR count). The van der Waals surface area contributed by atoms with Gasteiger partial charge in [0.15, 0.2) is 0 Å². The van der Waals surface area contributed by atoms with Gasteiger partial charge in [0.25, 0.3) is 0 Å². The lowest BCUT2D eigenvalue weighted by molar-refractivity contribution is 0.998. The zero-order valence-corrected chi connectivity index (χ0v) is 23.5. The fourth-order valence-electron chi connectivity index (χ4n) is 5.81. The summed E-state index contributed by atoms with van der Waals surface area (Å²) >= 11 is 1.91. The van der Waals surface area contributed by atoms with E-state index in [9.17, 15) is 0 Å². The topological polar surface area (TPSA) is 29.3 Å². The van der Waals surface area contributed by atoms with Crippen LogP contribution in [0.4, 0.5) is 17.1 Å². The molecule has 0 saturated heterocycles. The second-order valence-corrected chi connectivity index (χ2v) is 11.4. The number of nitrogens with zero attached hydrogens (tertiary/aromatic N) is 1. The molecule has 0 bridgehead atoms. The molecule has 6 aromatic rings. The highest BCUT2D eigenvalue weighted by Crippen LogP contribution is 2.44. The van der Waals surface area contributed by atoms with E-state index in [4.69, 9.17) is 5.73 Å². The van der Waals surface area contributed by atoms with Crippen molar-refractivity contribution in [3.05, 3.63) is 146 Å². The van der Waals surface area contributed by atoms with Gasteiger partial charge in [-0.05, 0) is 74.8 Å². The molecule has 1 heterocycles. The molecule has 6 aromatic carbocycles. The quantitative estimate of drug-likeness (QED) is 0.218. The molecule has 0 spiro atoms. The molecule has 0 atom stereocenters. The highest BCUT2D eigenvalue weighted by Gasteiger charge is 2.21. The molecule has 3 heteroatoms. The van der Waals surface area contributed by atoms with Crippen LogP contribution in [0.2, 0.25) is 0 Å². The van der Waals surface area contributed by atoms with Crippen LogP contribution in [0.1, 0.15) is 0 Å². The summed E-state index contributed by atoms with van der Waals surface area (Å²) in [6.07, 6.45) is 0. The fraction of sp³-hybridized carbons (Fsp3) is 0.0526. The molecule has 1 aliphatic heterocycles. The number of nitrogens with two attached hydrogens (primary N) is 1. The Morgan fingerprint density at radius 2 is 1.07 bits per heavy atom. The summed E-state index contributed by atoms with van der Waals surface area (Å²) in [4.78, 5) is 3.66. The lowest BCUT2D eigenvalue weighted by atomic mass is 9.86. The van der Waals surface area contributed by atoms with Crippen LogP contribution in [-0.2, 0) is 0 Å². The minimum atomic E-state index is 0.809. The molecule has 0 aliphatic carbocycles. The van der Waals surface area contributed by atoms with Gasteiger partial charge in [-0.2, -0.15) is 0 Å². The van der Waals surface area contributed by atoms with Gasteiger partial charge in [0.1, 0.15) is 0 Å². The van der Waals surface area contributed by atoms with Crippen molar-refractivity contribution in [1.29, 1.82) is 0 Å². The largest absolute Gasteiger partial charge is 0.397 e. The molecular formula is C38H30N2S. The number of benzene rings is 6. The highest BCUT2D eigenvalue weighted by molar-refractivity contribution is 7.99. The van der Waals surface area contributed by atoms with E-state index in [1.807, 2.05) is 23.9 Å². The maximum absolute atomic E-state index is 6.42. The number of anilines is 3. The number of fused-ring (bicyclic) bond motifs is 1. The Hall–Kier alpha value is -4.73. The number of thioether (sulfide) groups is 1. The van der Waals surface area contributed by atoms with E-state index >= 15 is 0 Å². The van der Waals surface area contributed by atoms with Crippen molar-refractivity contribution in [2.24, 2.45) is 0 Å². The maximum atomic E-state index is 6.42. The van der Waals surface area contributed by atoms with Crippen LogP contribution < -0.4 is 10.6 Å². The Labute approximate surface area is 246 Å². The number of hydrogen-bond donors (Lipinski definition) is 1. The molecule has 0 radical (unpaired) electrons. The maximum Gasteiger partial charge on any atom is 0.0644 e. The summed E-state index contributed by atoms with van der Waals surface area (Å²) in [6, 6.07) is 52.0. The first kappa shape index (κ1) is 25.3. The van der Waals surface area contributed by atoms with E-state index in [-0.39, 0.29) is 0 Å². The molecule has 41 heavy (non-hydrogen) atoms. The van der Waals surface area contributed by atoms with Crippen LogP contribution in [0.15, 0.2) is 150 Å². The van der Waals surface area contributed by atoms with Gasteiger partial charge in [0.05, 0.1) is 17.1 Å². The average molecular weight is 547 g/mol. The summed E-state index contributed by atoms with van der Waals surface area (Å²) in [5.41, 5.74) is 19.3. The van der Waals surface area contributed by atoms with E-state index in [2.05, 4.69) is 138 Å². The first-order chi connectivity index (χ1) is 20.3. The minimum absolute atomic E-state index is 0.809. The van der Waals surface area contributed by atoms with Crippen molar-refractivity contribution >= 4 is 28.8 Å². The predicted molar refractivity (Wildman–Crippen MR) is 177 cm³/mol. The summed E-state index contributed by atoms with van der Waals surface area (Å²) in [5, 5.41) is 0. The molecule has 0 saturated carbocycles. The third kappa shape index (κ3) is 4.90. The third-order valence-corrected chi connectivity index (χ3v) is 8.81. The Morgan fingerprint density at radius 3 is 1.78 bits per heavy atom. The van der Waals surface area contributed by atoms with Crippen molar-refractivity contribution in [3.63, 3.8) is 0 Å². The molecule has 0 fully saturated rings. The minimum Gasteiger partial charge on any atom is -0.397 e. The second-order valence-electron chi connectivity index (χ2n) is 10.3. The standard InChI is InChI=1S/C38H30N2S/c39-34-19-7-8-20-35(34)40-23-24-41-37-22-21-30(26-36(37)40)29-15-9-16-31(25-29)38-32(27-11-3-1-4-12-27)17-10-18-33(38)28-13-5-2-6-14-28/h1-22,25-26H,23-24,39H2. The Bertz CT molecular complexity index is 1770. The molecule has 1 aliphatic rings. The molecule has 2 nitrogen and oxygen atoms in total. The van der Waals surface area contributed by atoms with Crippen LogP contribution in [0.5, 0.6) is 0 Å². The van der Waals surface area contributed by atoms with Gasteiger partial charge in [-0.25, -0.2) is 0 Å². The molecule has 0 amide bonds. The van der Waals surface area contributed by atoms with Crippen LogP contribution in [0, 0.1) is 0 Å². The molecule has 2 N–H and O–H groups in total. The monoisotopic (exact) mass is 546 g/mol. The van der Waals surface area contributed by atoms with Crippen LogP contribution in [0.3, 0.4) is 0 Å². The predicted octanol–water partition coefficient (Wildman–Crippen LogP) is 10.2. The molecule has 198 valence electrons. The lowest BCUT2D eigenvalue weighted by Gasteiger charge is -2.32. The average Bonchev–Trinajstić information content (AvgIpc) is 3.05. The van der Waals surface area contributed by atoms with Gasteiger partial charge in [0.2, 0.25) is 0 Å². The van der Waals surface area contributed by atoms with E-state index in [0.29, 0.717) is 0 Å². The van der Waals surface area contributed by atoms with Gasteiger partial charge >= 0.3 is 0 Å². The zero-order valence-electron chi connectivity index (χ0n) is 22.7. The Morgan fingerprint density at radius 1 is 0.488 bits per heavy atom. The number of hydrogen-bond acceptors (Lipinski definition) is 3. The normalized spacial score (nSPS) is 12.6. The van der Waals surface area contributed by atoms with Crippen molar-refractivity contribution < 1.29 is 0 Å². The molecular weight excluding hydrogens is 516 g/mol. The zero-order chi connectivity index (χ0) is 27.6. The van der Waals surface area contributed by atoms with E-state index < -0.39 is 0 Å². The van der Waals surface area contributed by atoms with Crippen molar-refractivity contribution in [2.75, 3.05) is 22.9 Å². The first-order valence-corrected chi connectivity index (χ1v) is 15.0. The molecule has 0 unspecified atom stereocenters. The number of nitrogen functional groups attached to an aromatic ring is 1. The second kappa shape index (κ2) is 11.0. The van der Waals surface area contributed by atoms with Crippen molar-refractivity contribution in [3.8, 4) is 44.5 Å². The van der Waals surface area contributed by atoms with E-state index in [1.165, 1.54) is 55.1 Å². The highest BCUT2D eigenvalue weighted by atomic mass is 32.2. The van der Waals surface area contributed by atoms with Crippen LogP contribution in [-0.4, -0.2) is 12.3 Å². The Kier molecular flexibility index (Phi) is 6.80. The first-order valence-electron chi connectivity index (χ1n) is 14.0. The van der Waals surface area contributed by atoms with Gasteiger partial charge in [0, 0.05) is 17.2 Å². The van der Waals surface area contributed by atoms with Gasteiger partial charge < -0.3 is 10.6 Å². The van der Waals surface area contributed by atoms with Crippen LogP contribution >= 0.6 is 11.8 Å². The number of rotatable bonds is 5. The molecule has 0 aromatic heterocycles. The van der Waals surface area contributed by atoms with Crippen molar-refractivity contribution in [2.45, 2.75) is 4.90 Å². The summed E-state index contributed by atoms with van der Waals surface area (Å²) in [5.74, 6) is 1.04. The van der Waals surface area contributed by atoms with Gasteiger partial charge in [-0.15, -0.1) is 11.8 Å². The third-order valence-electron chi connectivity index (χ3n) is 7.77. The van der Waals surface area contributed by atoms with E-state index in [0.717, 1.165) is 23.7 Å².